The van der Waals surface area contributed by atoms with Crippen molar-refractivity contribution >= 4 is 11.9 Å². The van der Waals surface area contributed by atoms with Gasteiger partial charge in [0, 0.05) is 18.9 Å². The van der Waals surface area contributed by atoms with Crippen molar-refractivity contribution in [2.45, 2.75) is 13.5 Å². The maximum Gasteiger partial charge on any atom is 0.254 e. The highest BCUT2D eigenvalue weighted by Crippen LogP contribution is 2.16. The fourth-order valence-corrected chi connectivity index (χ4v) is 2.65. The number of ether oxygens (including phenoxy) is 2. The molecule has 3 rings (SSSR count). The number of amides is 1. The van der Waals surface area contributed by atoms with Crippen molar-refractivity contribution in [2.24, 2.45) is 0 Å². The number of anilines is 1. The molecule has 2 N–H and O–H groups in total. The first-order valence-electron chi connectivity index (χ1n) is 9.30. The third-order valence-electron chi connectivity index (χ3n) is 4.16. The van der Waals surface area contributed by atoms with E-state index in [2.05, 4.69) is 39.7 Å². The molecule has 2 aromatic carbocycles. The minimum Gasteiger partial charge on any atom is -0.497 e. The maximum absolute atomic E-state index is 12.2. The van der Waals surface area contributed by atoms with Crippen LogP contribution in [0.3, 0.4) is 0 Å². The van der Waals surface area contributed by atoms with Crippen LogP contribution in [0.2, 0.25) is 0 Å². The average molecular weight is 392 g/mol. The van der Waals surface area contributed by atoms with Crippen molar-refractivity contribution in [2.75, 3.05) is 25.6 Å². The smallest absolute Gasteiger partial charge is 0.254 e. The Morgan fingerprint density at radius 1 is 1.03 bits per heavy atom. The Labute approximate surface area is 170 Å². The van der Waals surface area contributed by atoms with Gasteiger partial charge in [0.05, 0.1) is 19.2 Å². The van der Waals surface area contributed by atoms with Crippen LogP contribution in [0.25, 0.3) is 0 Å². The molecule has 0 bridgehead atoms. The van der Waals surface area contributed by atoms with Gasteiger partial charge in [0.25, 0.3) is 5.91 Å². The van der Waals surface area contributed by atoms with Crippen LogP contribution in [0.15, 0.2) is 60.9 Å². The zero-order valence-electron chi connectivity index (χ0n) is 16.5. The average Bonchev–Trinajstić information content (AvgIpc) is 2.76. The molecule has 0 saturated heterocycles. The second-order valence-corrected chi connectivity index (χ2v) is 6.42. The Balaban J connectivity index is 1.41. The minimum absolute atomic E-state index is 0.242. The molecule has 0 unspecified atom stereocenters. The van der Waals surface area contributed by atoms with E-state index in [0.29, 0.717) is 37.0 Å². The van der Waals surface area contributed by atoms with E-state index in [1.54, 1.807) is 7.11 Å². The summed E-state index contributed by atoms with van der Waals surface area (Å²) in [5.74, 6) is 1.72. The third-order valence-corrected chi connectivity index (χ3v) is 4.16. The first kappa shape index (κ1) is 20.1. The van der Waals surface area contributed by atoms with Gasteiger partial charge in [-0.05, 0) is 36.8 Å². The number of methoxy groups -OCH3 is 1. The van der Waals surface area contributed by atoms with Crippen LogP contribution in [0.4, 0.5) is 5.95 Å². The summed E-state index contributed by atoms with van der Waals surface area (Å²) in [6.07, 6.45) is 3.01. The molecular formula is C22H24N4O3. The molecule has 0 spiro atoms. The number of aromatic nitrogens is 2. The molecule has 1 amide bonds. The Kier molecular flexibility index (Phi) is 7.00. The van der Waals surface area contributed by atoms with Gasteiger partial charge in [0.1, 0.15) is 18.1 Å². The van der Waals surface area contributed by atoms with Gasteiger partial charge < -0.3 is 20.1 Å². The molecule has 1 aromatic heterocycles. The highest BCUT2D eigenvalue weighted by molar-refractivity contribution is 5.93. The normalized spacial score (nSPS) is 10.3. The lowest BCUT2D eigenvalue weighted by atomic mass is 10.1. The van der Waals surface area contributed by atoms with Crippen molar-refractivity contribution in [1.82, 2.24) is 15.3 Å². The number of aryl methyl sites for hydroxylation is 1. The Morgan fingerprint density at radius 2 is 1.76 bits per heavy atom. The minimum atomic E-state index is -0.242. The summed E-state index contributed by atoms with van der Waals surface area (Å²) in [6, 6.07) is 15.5. The van der Waals surface area contributed by atoms with Gasteiger partial charge >= 0.3 is 0 Å². The molecule has 7 nitrogen and oxygen atoms in total. The molecule has 3 aromatic rings. The first-order valence-corrected chi connectivity index (χ1v) is 9.30. The predicted molar refractivity (Wildman–Crippen MR) is 111 cm³/mol. The molecule has 1 heterocycles. The van der Waals surface area contributed by atoms with E-state index < -0.39 is 0 Å². The van der Waals surface area contributed by atoms with Crippen LogP contribution in [-0.2, 0) is 6.54 Å². The van der Waals surface area contributed by atoms with Gasteiger partial charge in [-0.1, -0.05) is 29.8 Å². The van der Waals surface area contributed by atoms with Crippen LogP contribution in [-0.4, -0.2) is 36.1 Å². The van der Waals surface area contributed by atoms with Gasteiger partial charge in [0.15, 0.2) is 0 Å². The van der Waals surface area contributed by atoms with E-state index in [-0.39, 0.29) is 5.91 Å². The second kappa shape index (κ2) is 10.1. The van der Waals surface area contributed by atoms with Crippen molar-refractivity contribution in [3.63, 3.8) is 0 Å². The lowest BCUT2D eigenvalue weighted by Gasteiger charge is -2.09. The number of hydrogen-bond acceptors (Lipinski definition) is 6. The topological polar surface area (TPSA) is 85.4 Å². The number of carbonyl (C=O) groups excluding carboxylic acids is 1. The van der Waals surface area contributed by atoms with Gasteiger partial charge in [-0.3, -0.25) is 4.79 Å². The summed E-state index contributed by atoms with van der Waals surface area (Å²) in [5, 5.41) is 5.94. The quantitative estimate of drug-likeness (QED) is 0.544. The number of benzene rings is 2. The van der Waals surface area contributed by atoms with Crippen molar-refractivity contribution < 1.29 is 14.3 Å². The lowest BCUT2D eigenvalue weighted by Crippen LogP contribution is -2.28. The zero-order chi connectivity index (χ0) is 20.5. The van der Waals surface area contributed by atoms with Crippen LogP contribution < -0.4 is 20.1 Å². The molecule has 0 saturated carbocycles. The first-order chi connectivity index (χ1) is 14.1. The molecule has 0 radical (unpaired) electrons. The van der Waals surface area contributed by atoms with E-state index in [0.717, 1.165) is 11.3 Å². The van der Waals surface area contributed by atoms with Crippen LogP contribution in [0.1, 0.15) is 21.5 Å². The monoisotopic (exact) mass is 392 g/mol. The molecule has 0 aliphatic heterocycles. The van der Waals surface area contributed by atoms with Crippen LogP contribution >= 0.6 is 0 Å². The molecule has 7 heteroatoms. The summed E-state index contributed by atoms with van der Waals surface area (Å²) < 4.78 is 10.7. The Morgan fingerprint density at radius 3 is 2.45 bits per heavy atom. The fraction of sp³-hybridized carbons (Fsp3) is 0.227. The van der Waals surface area contributed by atoms with Gasteiger partial charge in [-0.2, -0.15) is 0 Å². The number of nitrogens with one attached hydrogen (secondary N) is 2. The SMILES string of the molecule is COc1ccc(OCCNC(=O)c2cnc(NCc3cccc(C)c3)nc2)cc1. The van der Waals surface area contributed by atoms with E-state index in [1.165, 1.54) is 18.0 Å². The van der Waals surface area contributed by atoms with E-state index in [4.69, 9.17) is 9.47 Å². The number of rotatable bonds is 9. The highest BCUT2D eigenvalue weighted by atomic mass is 16.5. The van der Waals surface area contributed by atoms with Crippen molar-refractivity contribution in [3.8, 4) is 11.5 Å². The summed E-state index contributed by atoms with van der Waals surface area (Å²) in [7, 11) is 1.61. The van der Waals surface area contributed by atoms with E-state index in [1.807, 2.05) is 36.4 Å². The largest absolute Gasteiger partial charge is 0.497 e. The fourth-order valence-electron chi connectivity index (χ4n) is 2.65. The number of nitrogens with zero attached hydrogens (tertiary/aromatic N) is 2. The number of carbonyl (C=O) groups is 1. The lowest BCUT2D eigenvalue weighted by molar-refractivity contribution is 0.0946. The van der Waals surface area contributed by atoms with Crippen LogP contribution in [0, 0.1) is 6.92 Å². The van der Waals surface area contributed by atoms with Crippen molar-refractivity contribution in [3.05, 3.63) is 77.6 Å². The molecular weight excluding hydrogens is 368 g/mol. The third kappa shape index (κ3) is 6.21. The Bertz CT molecular complexity index is 928. The van der Waals surface area contributed by atoms with Crippen LogP contribution in [0.5, 0.6) is 11.5 Å². The molecule has 0 aliphatic rings. The summed E-state index contributed by atoms with van der Waals surface area (Å²) in [5.41, 5.74) is 2.75. The highest BCUT2D eigenvalue weighted by Gasteiger charge is 2.07. The maximum atomic E-state index is 12.2. The Hall–Kier alpha value is -3.61. The van der Waals surface area contributed by atoms with Gasteiger partial charge in [-0.15, -0.1) is 0 Å². The molecule has 0 aliphatic carbocycles. The summed E-state index contributed by atoms with van der Waals surface area (Å²) in [6.45, 7) is 3.40. The van der Waals surface area contributed by atoms with Gasteiger partial charge in [0.2, 0.25) is 5.95 Å². The predicted octanol–water partition coefficient (Wildman–Crippen LogP) is 3.21. The summed E-state index contributed by atoms with van der Waals surface area (Å²) in [4.78, 5) is 20.6. The van der Waals surface area contributed by atoms with Crippen molar-refractivity contribution in [1.29, 1.82) is 0 Å². The van der Waals surface area contributed by atoms with E-state index in [9.17, 15) is 4.79 Å². The van der Waals surface area contributed by atoms with E-state index >= 15 is 0 Å². The molecule has 0 fully saturated rings. The molecule has 150 valence electrons. The second-order valence-electron chi connectivity index (χ2n) is 6.42. The molecule has 29 heavy (non-hydrogen) atoms. The summed E-state index contributed by atoms with van der Waals surface area (Å²) >= 11 is 0. The zero-order valence-corrected chi connectivity index (χ0v) is 16.5. The molecule has 0 atom stereocenters. The number of hydrogen-bond donors (Lipinski definition) is 2. The van der Waals surface area contributed by atoms with Gasteiger partial charge in [-0.25, -0.2) is 9.97 Å². The standard InChI is InChI=1S/C22H24N4O3/c1-16-4-3-5-17(12-16)13-24-22-25-14-18(15-26-22)21(27)23-10-11-29-20-8-6-19(28-2)7-9-20/h3-9,12,14-15H,10-11,13H2,1-2H3,(H,23,27)(H,24,25,26).